The van der Waals surface area contributed by atoms with Gasteiger partial charge < -0.3 is 9.88 Å². The van der Waals surface area contributed by atoms with Crippen LogP contribution in [0.25, 0.3) is 10.9 Å². The minimum Gasteiger partial charge on any atom is -0.341 e. The summed E-state index contributed by atoms with van der Waals surface area (Å²) in [5.41, 5.74) is 1.80. The molecule has 40 heavy (non-hydrogen) atoms. The average Bonchev–Trinajstić information content (AvgIpc) is 3.09. The van der Waals surface area contributed by atoms with Crippen LogP contribution in [-0.4, -0.2) is 48.1 Å². The van der Waals surface area contributed by atoms with Crippen molar-refractivity contribution >= 4 is 32.6 Å². The molecule has 0 aliphatic carbocycles. The molecule has 4 rings (SSSR count). The molecule has 1 aromatic heterocycles. The highest BCUT2D eigenvalue weighted by Crippen LogP contribution is 2.25. The summed E-state index contributed by atoms with van der Waals surface area (Å²) in [5, 5.41) is 12.9. The zero-order valence-corrected chi connectivity index (χ0v) is 24.9. The van der Waals surface area contributed by atoms with Gasteiger partial charge in [-0.25, -0.2) is 8.42 Å². The van der Waals surface area contributed by atoms with Crippen LogP contribution in [-0.2, 0) is 21.9 Å². The molecule has 0 spiro atoms. The zero-order valence-electron chi connectivity index (χ0n) is 24.1. The summed E-state index contributed by atoms with van der Waals surface area (Å²) in [6.07, 6.45) is 3.49. The van der Waals surface area contributed by atoms with Crippen molar-refractivity contribution in [2.24, 2.45) is 18.9 Å². The van der Waals surface area contributed by atoms with Crippen molar-refractivity contribution in [1.82, 2.24) is 14.2 Å². The minimum absolute atomic E-state index is 0.00388. The van der Waals surface area contributed by atoms with Gasteiger partial charge in [0, 0.05) is 31.0 Å². The summed E-state index contributed by atoms with van der Waals surface area (Å²) < 4.78 is 28.6. The number of para-hydroxylation sites is 1. The molecule has 214 valence electrons. The van der Waals surface area contributed by atoms with E-state index in [1.54, 1.807) is 18.2 Å². The van der Waals surface area contributed by atoms with Crippen LogP contribution in [0.15, 0.2) is 59.5 Å². The number of fused-ring (bicyclic) bond motifs is 1. The Bertz CT molecular complexity index is 1490. The van der Waals surface area contributed by atoms with Crippen LogP contribution < -0.4 is 5.32 Å². The Morgan fingerprint density at radius 2 is 1.75 bits per heavy atom. The number of nitriles is 1. The lowest BCUT2D eigenvalue weighted by Gasteiger charge is -2.20. The van der Waals surface area contributed by atoms with E-state index in [4.69, 9.17) is 5.26 Å². The number of sulfonamides is 1. The number of amides is 1. The molecule has 2 heterocycles. The molecule has 1 aliphatic rings. The van der Waals surface area contributed by atoms with E-state index in [0.717, 1.165) is 30.2 Å². The van der Waals surface area contributed by atoms with Crippen molar-refractivity contribution in [1.29, 1.82) is 5.26 Å². The number of aromatic nitrogens is 1. The van der Waals surface area contributed by atoms with Gasteiger partial charge in [0.2, 0.25) is 10.0 Å². The summed E-state index contributed by atoms with van der Waals surface area (Å²) in [5.74, 6) is 0.712. The smallest absolute Gasteiger partial charge is 0.268 e. The lowest BCUT2D eigenvalue weighted by atomic mass is 10.0. The Kier molecular flexibility index (Phi) is 10.7. The summed E-state index contributed by atoms with van der Waals surface area (Å²) in [6, 6.07) is 17.6. The predicted octanol–water partition coefficient (Wildman–Crippen LogP) is 5.28. The van der Waals surface area contributed by atoms with Crippen molar-refractivity contribution < 1.29 is 18.0 Å². The van der Waals surface area contributed by atoms with E-state index in [-0.39, 0.29) is 22.1 Å². The van der Waals surface area contributed by atoms with Gasteiger partial charge in [0.1, 0.15) is 11.8 Å². The third-order valence-corrected chi connectivity index (χ3v) is 9.25. The Labute approximate surface area is 238 Å². The Morgan fingerprint density at radius 1 is 1.07 bits per heavy atom. The van der Waals surface area contributed by atoms with Gasteiger partial charge in [-0.3, -0.25) is 9.59 Å². The highest BCUT2D eigenvalue weighted by atomic mass is 32.2. The maximum absolute atomic E-state index is 12.6. The molecule has 9 heteroatoms. The van der Waals surface area contributed by atoms with Crippen molar-refractivity contribution in [2.75, 3.05) is 13.1 Å². The quantitative estimate of drug-likeness (QED) is 0.420. The fourth-order valence-electron chi connectivity index (χ4n) is 4.94. The first kappa shape index (κ1) is 31.1. The molecule has 1 aliphatic heterocycles. The monoisotopic (exact) mass is 564 g/mol. The number of rotatable bonds is 7. The first-order valence-corrected chi connectivity index (χ1v) is 15.2. The van der Waals surface area contributed by atoms with Crippen LogP contribution in [0.5, 0.6) is 0 Å². The van der Waals surface area contributed by atoms with E-state index in [2.05, 4.69) is 12.2 Å². The summed E-state index contributed by atoms with van der Waals surface area (Å²) in [7, 11) is -1.68. The largest absolute Gasteiger partial charge is 0.341 e. The number of Topliss-reactive ketones (excluding diaryl/α,β-unsaturated/α-hetero) is 1. The molecule has 1 fully saturated rings. The number of hydrogen-bond donors (Lipinski definition) is 1. The number of nitrogens with zero attached hydrogens (tertiary/aromatic N) is 3. The van der Waals surface area contributed by atoms with Gasteiger partial charge in [-0.05, 0) is 68.7 Å². The lowest BCUT2D eigenvalue weighted by molar-refractivity contribution is -0.119. The highest BCUT2D eigenvalue weighted by Gasteiger charge is 2.28. The van der Waals surface area contributed by atoms with Crippen molar-refractivity contribution in [3.8, 4) is 6.07 Å². The molecular formula is C31H40N4O4S. The van der Waals surface area contributed by atoms with Gasteiger partial charge in [-0.1, -0.05) is 51.1 Å². The van der Waals surface area contributed by atoms with E-state index in [9.17, 15) is 18.0 Å². The number of carbonyl (C=O) groups is 2. The second-order valence-electron chi connectivity index (χ2n) is 11.0. The lowest BCUT2D eigenvalue weighted by Crippen LogP contribution is -2.41. The average molecular weight is 565 g/mol. The molecule has 1 unspecified atom stereocenters. The van der Waals surface area contributed by atoms with Gasteiger partial charge in [0.25, 0.3) is 5.91 Å². The van der Waals surface area contributed by atoms with E-state index < -0.39 is 16.1 Å². The van der Waals surface area contributed by atoms with Crippen LogP contribution in [0.4, 0.5) is 0 Å². The zero-order chi connectivity index (χ0) is 29.4. The van der Waals surface area contributed by atoms with Gasteiger partial charge in [-0.2, -0.15) is 9.57 Å². The van der Waals surface area contributed by atoms with Gasteiger partial charge in [0.05, 0.1) is 16.5 Å². The molecule has 2 aromatic carbocycles. The van der Waals surface area contributed by atoms with E-state index in [1.165, 1.54) is 17.3 Å². The maximum Gasteiger partial charge on any atom is 0.268 e. The molecule has 1 N–H and O–H groups in total. The van der Waals surface area contributed by atoms with Crippen LogP contribution in [0.1, 0.15) is 69.4 Å². The second-order valence-corrected chi connectivity index (χ2v) is 12.9. The fraction of sp³-hybridized carbons (Fsp3) is 0.452. The molecule has 0 bridgehead atoms. The van der Waals surface area contributed by atoms with E-state index >= 15 is 0 Å². The number of benzene rings is 2. The van der Waals surface area contributed by atoms with Gasteiger partial charge in [0.15, 0.2) is 5.78 Å². The van der Waals surface area contributed by atoms with Crippen molar-refractivity contribution in [3.05, 3.63) is 65.9 Å². The molecule has 1 saturated heterocycles. The molecule has 2 atom stereocenters. The maximum atomic E-state index is 12.6. The van der Waals surface area contributed by atoms with E-state index in [0.29, 0.717) is 37.0 Å². The number of hydrogen-bond acceptors (Lipinski definition) is 5. The Hall–Kier alpha value is -3.48. The third kappa shape index (κ3) is 7.58. The number of carbonyl (C=O) groups excluding carboxylic acids is 2. The van der Waals surface area contributed by atoms with Crippen LogP contribution in [0.3, 0.4) is 0 Å². The number of ketones is 1. The fourth-order valence-corrected chi connectivity index (χ4v) is 6.57. The molecular weight excluding hydrogens is 524 g/mol. The molecule has 3 aromatic rings. The highest BCUT2D eigenvalue weighted by molar-refractivity contribution is 7.89. The molecule has 1 amide bonds. The van der Waals surface area contributed by atoms with Gasteiger partial charge in [-0.15, -0.1) is 0 Å². The summed E-state index contributed by atoms with van der Waals surface area (Å²) in [6.45, 7) is 8.85. The van der Waals surface area contributed by atoms with Crippen LogP contribution in [0, 0.1) is 23.2 Å². The van der Waals surface area contributed by atoms with Crippen LogP contribution >= 0.6 is 0 Å². The van der Waals surface area contributed by atoms with Crippen LogP contribution in [0.2, 0.25) is 0 Å². The first-order valence-electron chi connectivity index (χ1n) is 13.8. The van der Waals surface area contributed by atoms with E-state index in [1.807, 2.05) is 61.9 Å². The Balaban J connectivity index is 0.000000222. The Morgan fingerprint density at radius 3 is 2.40 bits per heavy atom. The minimum atomic E-state index is -3.54. The topological polar surface area (TPSA) is 112 Å². The second kappa shape index (κ2) is 13.7. The normalized spacial score (nSPS) is 16.9. The summed E-state index contributed by atoms with van der Waals surface area (Å²) >= 11 is 0. The summed E-state index contributed by atoms with van der Waals surface area (Å²) in [4.78, 5) is 24.3. The SMILES string of the molecule is CC(=O)[C@H](CC(C)C)NC(=O)c1cc2ccccc2n1C.CC1CCCN(S(=O)(=O)c2ccccc2C#N)CC1. The van der Waals surface area contributed by atoms with Crippen molar-refractivity contribution in [2.45, 2.75) is 64.3 Å². The van der Waals surface area contributed by atoms with Gasteiger partial charge >= 0.3 is 0 Å². The van der Waals surface area contributed by atoms with Crippen molar-refractivity contribution in [3.63, 3.8) is 0 Å². The number of aryl methyl sites for hydroxylation is 1. The standard InChI is InChI=1S/C17H22N2O2.C14H18N2O2S/c1-11(2)9-14(12(3)20)18-17(21)16-10-13-7-5-6-8-15(13)19(16)4;1-12-5-4-9-16(10-8-12)19(17,18)14-7-3-2-6-13(14)11-15/h5-8,10-11,14H,9H2,1-4H3,(H,18,21);2-3,6-7,12H,4-5,8-10H2,1H3/t14-;/m0./s1. The first-order chi connectivity index (χ1) is 18.9. The molecule has 0 saturated carbocycles. The molecule has 0 radical (unpaired) electrons. The third-order valence-electron chi connectivity index (χ3n) is 7.29. The molecule has 8 nitrogen and oxygen atoms in total. The number of nitrogens with one attached hydrogen (secondary N) is 1. The predicted molar refractivity (Wildman–Crippen MR) is 157 cm³/mol.